The van der Waals surface area contributed by atoms with Crippen LogP contribution in [0.3, 0.4) is 0 Å². The Bertz CT molecular complexity index is 600. The number of benzene rings is 1. The summed E-state index contributed by atoms with van der Waals surface area (Å²) >= 11 is 0. The van der Waals surface area contributed by atoms with Gasteiger partial charge in [-0.15, -0.1) is 0 Å². The summed E-state index contributed by atoms with van der Waals surface area (Å²) in [6.07, 6.45) is 0.731. The Morgan fingerprint density at radius 2 is 2.14 bits per heavy atom. The Morgan fingerprint density at radius 3 is 2.76 bits per heavy atom. The SMILES string of the molecule is CC(CC(N)=O)NC(=O)N1CCc2ccc(C(=O)O)cc21. The predicted octanol–water partition coefficient (Wildman–Crippen LogP) is 0.721. The van der Waals surface area contributed by atoms with Gasteiger partial charge in [0, 0.05) is 24.7 Å². The highest BCUT2D eigenvalue weighted by Crippen LogP contribution is 2.29. The number of aromatic carboxylic acids is 1. The highest BCUT2D eigenvalue weighted by molar-refractivity contribution is 5.97. The molecule has 0 aliphatic carbocycles. The van der Waals surface area contributed by atoms with Crippen molar-refractivity contribution in [1.29, 1.82) is 0 Å². The highest BCUT2D eigenvalue weighted by atomic mass is 16.4. The Balaban J connectivity index is 2.14. The number of carboxylic acid groups (broad SMARTS) is 1. The van der Waals surface area contributed by atoms with Gasteiger partial charge in [0.25, 0.3) is 0 Å². The van der Waals surface area contributed by atoms with Crippen LogP contribution in [0.1, 0.15) is 29.3 Å². The largest absolute Gasteiger partial charge is 0.478 e. The first kappa shape index (κ1) is 14.8. The second-order valence-corrected chi connectivity index (χ2v) is 5.07. The molecule has 0 radical (unpaired) electrons. The van der Waals surface area contributed by atoms with Crippen LogP contribution in [-0.4, -0.2) is 35.6 Å². The summed E-state index contributed by atoms with van der Waals surface area (Å²) in [6.45, 7) is 2.17. The van der Waals surface area contributed by atoms with E-state index in [0.717, 1.165) is 5.56 Å². The molecule has 0 saturated carbocycles. The van der Waals surface area contributed by atoms with Crippen LogP contribution in [0.25, 0.3) is 0 Å². The molecule has 1 aromatic carbocycles. The number of carbonyl (C=O) groups excluding carboxylic acids is 2. The van der Waals surface area contributed by atoms with Crippen molar-refractivity contribution in [3.63, 3.8) is 0 Å². The Kier molecular flexibility index (Phi) is 4.11. The molecule has 1 aliphatic rings. The van der Waals surface area contributed by atoms with E-state index in [2.05, 4.69) is 5.32 Å². The average Bonchev–Trinajstić information content (AvgIpc) is 2.79. The minimum absolute atomic E-state index is 0.0571. The van der Waals surface area contributed by atoms with Crippen LogP contribution in [0, 0.1) is 0 Å². The molecule has 4 N–H and O–H groups in total. The lowest BCUT2D eigenvalue weighted by Crippen LogP contribution is -2.44. The number of nitrogens with two attached hydrogens (primary N) is 1. The van der Waals surface area contributed by atoms with E-state index in [1.54, 1.807) is 13.0 Å². The zero-order valence-electron chi connectivity index (χ0n) is 11.6. The molecule has 7 nitrogen and oxygen atoms in total. The summed E-state index contributed by atoms with van der Waals surface area (Å²) in [4.78, 5) is 35.5. The van der Waals surface area contributed by atoms with E-state index in [-0.39, 0.29) is 24.1 Å². The fourth-order valence-corrected chi connectivity index (χ4v) is 2.36. The van der Waals surface area contributed by atoms with Gasteiger partial charge < -0.3 is 16.2 Å². The standard InChI is InChI=1S/C14H17N3O4/c1-8(6-12(15)18)16-14(21)17-5-4-9-2-3-10(13(19)20)7-11(9)17/h2-3,7-8H,4-6H2,1H3,(H2,15,18)(H,16,21)(H,19,20). The van der Waals surface area contributed by atoms with E-state index < -0.39 is 11.9 Å². The second-order valence-electron chi connectivity index (χ2n) is 5.07. The Hall–Kier alpha value is -2.57. The number of anilines is 1. The molecular weight excluding hydrogens is 274 g/mol. The predicted molar refractivity (Wildman–Crippen MR) is 76.3 cm³/mol. The first-order chi connectivity index (χ1) is 9.88. The molecule has 1 atom stereocenters. The number of rotatable bonds is 4. The number of carbonyl (C=O) groups is 3. The number of hydrogen-bond acceptors (Lipinski definition) is 3. The van der Waals surface area contributed by atoms with Gasteiger partial charge in [0.2, 0.25) is 5.91 Å². The van der Waals surface area contributed by atoms with E-state index in [4.69, 9.17) is 10.8 Å². The van der Waals surface area contributed by atoms with Crippen LogP contribution in [0.4, 0.5) is 10.5 Å². The molecule has 0 saturated heterocycles. The van der Waals surface area contributed by atoms with Crippen LogP contribution in [0.5, 0.6) is 0 Å². The van der Waals surface area contributed by atoms with E-state index in [1.165, 1.54) is 17.0 Å². The maximum atomic E-state index is 12.2. The molecule has 1 aliphatic heterocycles. The molecule has 2 rings (SSSR count). The minimum Gasteiger partial charge on any atom is -0.478 e. The van der Waals surface area contributed by atoms with Crippen molar-refractivity contribution < 1.29 is 19.5 Å². The first-order valence-electron chi connectivity index (χ1n) is 6.61. The van der Waals surface area contributed by atoms with Crippen molar-refractivity contribution >= 4 is 23.6 Å². The molecule has 3 amide bonds. The average molecular weight is 291 g/mol. The van der Waals surface area contributed by atoms with Crippen LogP contribution in [-0.2, 0) is 11.2 Å². The summed E-state index contributed by atoms with van der Waals surface area (Å²) in [5.41, 5.74) is 6.75. The van der Waals surface area contributed by atoms with Gasteiger partial charge >= 0.3 is 12.0 Å². The third kappa shape index (κ3) is 3.31. The molecule has 1 heterocycles. The monoisotopic (exact) mass is 291 g/mol. The molecule has 1 aromatic rings. The van der Waals surface area contributed by atoms with Crippen molar-refractivity contribution in [2.45, 2.75) is 25.8 Å². The molecule has 7 heteroatoms. The van der Waals surface area contributed by atoms with E-state index in [9.17, 15) is 14.4 Å². The quantitative estimate of drug-likeness (QED) is 0.758. The number of nitrogens with zero attached hydrogens (tertiary/aromatic N) is 1. The molecule has 112 valence electrons. The fourth-order valence-electron chi connectivity index (χ4n) is 2.36. The third-order valence-electron chi connectivity index (χ3n) is 3.35. The smallest absolute Gasteiger partial charge is 0.335 e. The second kappa shape index (κ2) is 5.82. The van der Waals surface area contributed by atoms with E-state index in [1.807, 2.05) is 0 Å². The van der Waals surface area contributed by atoms with Gasteiger partial charge in [0.1, 0.15) is 0 Å². The van der Waals surface area contributed by atoms with Gasteiger partial charge in [-0.2, -0.15) is 0 Å². The highest BCUT2D eigenvalue weighted by Gasteiger charge is 2.26. The fraction of sp³-hybridized carbons (Fsp3) is 0.357. The topological polar surface area (TPSA) is 113 Å². The van der Waals surface area contributed by atoms with Gasteiger partial charge in [0.15, 0.2) is 0 Å². The first-order valence-corrected chi connectivity index (χ1v) is 6.61. The molecule has 0 aromatic heterocycles. The van der Waals surface area contributed by atoms with Gasteiger partial charge in [-0.1, -0.05) is 6.07 Å². The van der Waals surface area contributed by atoms with Crippen molar-refractivity contribution in [3.05, 3.63) is 29.3 Å². The number of primary amides is 1. The summed E-state index contributed by atoms with van der Waals surface area (Å²) in [6, 6.07) is 4.01. The minimum atomic E-state index is -1.04. The zero-order valence-corrected chi connectivity index (χ0v) is 11.6. The van der Waals surface area contributed by atoms with Crippen molar-refractivity contribution in [2.24, 2.45) is 5.73 Å². The van der Waals surface area contributed by atoms with Crippen LogP contribution < -0.4 is 16.0 Å². The maximum absolute atomic E-state index is 12.2. The van der Waals surface area contributed by atoms with Gasteiger partial charge in [0.05, 0.1) is 5.56 Å². The summed E-state index contributed by atoms with van der Waals surface area (Å²) in [5.74, 6) is -1.52. The summed E-state index contributed by atoms with van der Waals surface area (Å²) in [7, 11) is 0. The number of amides is 3. The Morgan fingerprint density at radius 1 is 1.43 bits per heavy atom. The lowest BCUT2D eigenvalue weighted by molar-refractivity contribution is -0.118. The number of hydrogen-bond donors (Lipinski definition) is 3. The third-order valence-corrected chi connectivity index (χ3v) is 3.35. The van der Waals surface area contributed by atoms with Gasteiger partial charge in [-0.3, -0.25) is 9.69 Å². The summed E-state index contributed by atoms with van der Waals surface area (Å²) < 4.78 is 0. The molecule has 1 unspecified atom stereocenters. The number of urea groups is 1. The normalized spacial score (nSPS) is 14.4. The molecule has 0 spiro atoms. The van der Waals surface area contributed by atoms with Gasteiger partial charge in [-0.05, 0) is 31.0 Å². The van der Waals surface area contributed by atoms with Crippen LogP contribution in [0.15, 0.2) is 18.2 Å². The van der Waals surface area contributed by atoms with Crippen LogP contribution in [0.2, 0.25) is 0 Å². The lowest BCUT2D eigenvalue weighted by atomic mass is 10.1. The van der Waals surface area contributed by atoms with Crippen molar-refractivity contribution in [3.8, 4) is 0 Å². The van der Waals surface area contributed by atoms with Crippen LogP contribution >= 0.6 is 0 Å². The summed E-state index contributed by atoms with van der Waals surface area (Å²) in [5, 5.41) is 11.7. The maximum Gasteiger partial charge on any atom is 0.335 e. The van der Waals surface area contributed by atoms with E-state index >= 15 is 0 Å². The molecule has 0 fully saturated rings. The number of fused-ring (bicyclic) bond motifs is 1. The lowest BCUT2D eigenvalue weighted by Gasteiger charge is -2.21. The van der Waals surface area contributed by atoms with Crippen molar-refractivity contribution in [2.75, 3.05) is 11.4 Å². The number of carboxylic acids is 1. The van der Waals surface area contributed by atoms with Crippen molar-refractivity contribution in [1.82, 2.24) is 5.32 Å². The molecule has 0 bridgehead atoms. The zero-order chi connectivity index (χ0) is 15.6. The van der Waals surface area contributed by atoms with E-state index in [0.29, 0.717) is 18.7 Å². The Labute approximate surface area is 121 Å². The molecular formula is C14H17N3O4. The number of nitrogens with one attached hydrogen (secondary N) is 1. The van der Waals surface area contributed by atoms with Gasteiger partial charge in [-0.25, -0.2) is 9.59 Å². The molecule has 21 heavy (non-hydrogen) atoms.